The van der Waals surface area contributed by atoms with Crippen molar-refractivity contribution in [3.63, 3.8) is 0 Å². The molecule has 2 saturated carbocycles. The fourth-order valence-corrected chi connectivity index (χ4v) is 4.58. The fraction of sp³-hybridized carbons (Fsp3) is 1.00. The quantitative estimate of drug-likeness (QED) is 0.344. The van der Waals surface area contributed by atoms with Crippen LogP contribution in [-0.2, 0) is 4.74 Å². The molecule has 0 bridgehead atoms. The third kappa shape index (κ3) is 5.89. The molecule has 0 aromatic rings. The zero-order valence-corrected chi connectivity index (χ0v) is 14.8. The van der Waals surface area contributed by atoms with Crippen molar-refractivity contribution in [3.05, 3.63) is 0 Å². The maximum Gasteiger partial charge on any atom is 0.416 e. The van der Waals surface area contributed by atoms with E-state index < -0.39 is 18.6 Å². The van der Waals surface area contributed by atoms with E-state index in [9.17, 15) is 17.6 Å². The molecule has 2 fully saturated rings. The Morgan fingerprint density at radius 1 is 0.875 bits per heavy atom. The first kappa shape index (κ1) is 20.0. The number of hydrogen-bond acceptors (Lipinski definition) is 1. The smallest absolute Gasteiger partial charge is 0.313 e. The number of halogens is 4. The van der Waals surface area contributed by atoms with Crippen LogP contribution in [0.25, 0.3) is 0 Å². The minimum Gasteiger partial charge on any atom is -0.313 e. The van der Waals surface area contributed by atoms with Crippen LogP contribution in [0.1, 0.15) is 84.0 Å². The molecule has 0 N–H and O–H groups in total. The average molecular weight is 352 g/mol. The van der Waals surface area contributed by atoms with E-state index in [1.165, 1.54) is 51.4 Å². The number of rotatable bonds is 8. The summed E-state index contributed by atoms with van der Waals surface area (Å²) in [6, 6.07) is 0. The fourth-order valence-electron chi connectivity index (χ4n) is 4.58. The summed E-state index contributed by atoms with van der Waals surface area (Å²) in [6.07, 6.45) is 4.30. The van der Waals surface area contributed by atoms with Crippen molar-refractivity contribution >= 4 is 0 Å². The van der Waals surface area contributed by atoms with Crippen LogP contribution < -0.4 is 0 Å². The van der Waals surface area contributed by atoms with Crippen LogP contribution in [0.15, 0.2) is 0 Å². The molecule has 2 aliphatic rings. The van der Waals surface area contributed by atoms with Crippen molar-refractivity contribution < 1.29 is 22.3 Å². The Bertz CT molecular complexity index is 345. The molecule has 0 atom stereocenters. The predicted molar refractivity (Wildman–Crippen MR) is 87.4 cm³/mol. The van der Waals surface area contributed by atoms with Gasteiger partial charge in [0.1, 0.15) is 0 Å². The minimum atomic E-state index is -4.30. The normalized spacial score (nSPS) is 32.2. The van der Waals surface area contributed by atoms with Gasteiger partial charge < -0.3 is 4.74 Å². The number of alkyl halides is 4. The predicted octanol–water partition coefficient (Wildman–Crippen LogP) is 6.81. The minimum absolute atomic E-state index is 0.489. The Morgan fingerprint density at radius 3 is 1.92 bits per heavy atom. The molecule has 0 radical (unpaired) electrons. The molecular formula is C19H32F4O. The topological polar surface area (TPSA) is 9.23 Å². The number of unbranched alkanes of at least 4 members (excludes halogenated alkanes) is 2. The van der Waals surface area contributed by atoms with Crippen LogP contribution in [0, 0.1) is 17.8 Å². The van der Waals surface area contributed by atoms with Crippen LogP contribution >= 0.6 is 0 Å². The molecule has 5 heteroatoms. The summed E-state index contributed by atoms with van der Waals surface area (Å²) in [5, 5.41) is 0. The average Bonchev–Trinajstić information content (AvgIpc) is 2.56. The summed E-state index contributed by atoms with van der Waals surface area (Å²) in [7, 11) is 0. The van der Waals surface area contributed by atoms with Crippen molar-refractivity contribution in [3.8, 4) is 0 Å². The highest BCUT2D eigenvalue weighted by Gasteiger charge is 2.45. The summed E-state index contributed by atoms with van der Waals surface area (Å²) in [4.78, 5) is 0. The van der Waals surface area contributed by atoms with E-state index in [2.05, 4.69) is 11.7 Å². The molecule has 0 unspecified atom stereocenters. The summed E-state index contributed by atoms with van der Waals surface area (Å²) in [6.45, 7) is 2.23. The van der Waals surface area contributed by atoms with Gasteiger partial charge in [-0.3, -0.25) is 0 Å². The van der Waals surface area contributed by atoms with E-state index in [1.807, 2.05) is 0 Å². The van der Waals surface area contributed by atoms with Gasteiger partial charge >= 0.3 is 12.5 Å². The van der Waals surface area contributed by atoms with E-state index in [0.29, 0.717) is 24.7 Å². The Morgan fingerprint density at radius 2 is 1.42 bits per heavy atom. The second-order valence-corrected chi connectivity index (χ2v) is 7.79. The van der Waals surface area contributed by atoms with Crippen molar-refractivity contribution in [2.45, 2.75) is 103 Å². The molecule has 0 heterocycles. The third-order valence-electron chi connectivity index (χ3n) is 6.07. The highest BCUT2D eigenvalue weighted by Crippen LogP contribution is 2.42. The lowest BCUT2D eigenvalue weighted by Gasteiger charge is -2.38. The van der Waals surface area contributed by atoms with Gasteiger partial charge in [-0.05, 0) is 56.3 Å². The molecule has 142 valence electrons. The molecule has 0 aliphatic heterocycles. The highest BCUT2D eigenvalue weighted by atomic mass is 19.3. The molecule has 24 heavy (non-hydrogen) atoms. The van der Waals surface area contributed by atoms with Crippen LogP contribution in [0.2, 0.25) is 0 Å². The van der Waals surface area contributed by atoms with Gasteiger partial charge in [-0.25, -0.2) is 8.78 Å². The summed E-state index contributed by atoms with van der Waals surface area (Å²) in [5.41, 5.74) is 0. The van der Waals surface area contributed by atoms with E-state index in [0.717, 1.165) is 18.8 Å². The number of hydrogen-bond donors (Lipinski definition) is 0. The maximum atomic E-state index is 13.0. The Labute approximate surface area is 143 Å². The Hall–Kier alpha value is -0.320. The van der Waals surface area contributed by atoms with Crippen molar-refractivity contribution in [2.75, 3.05) is 0 Å². The van der Waals surface area contributed by atoms with Crippen LogP contribution in [0.3, 0.4) is 0 Å². The molecule has 2 aliphatic carbocycles. The van der Waals surface area contributed by atoms with Crippen molar-refractivity contribution in [1.82, 2.24) is 0 Å². The monoisotopic (exact) mass is 352 g/mol. The largest absolute Gasteiger partial charge is 0.416 e. The Balaban J connectivity index is 1.66. The van der Waals surface area contributed by atoms with Gasteiger partial charge in [-0.1, -0.05) is 45.4 Å². The summed E-state index contributed by atoms with van der Waals surface area (Å²) < 4.78 is 54.7. The van der Waals surface area contributed by atoms with E-state index in [1.54, 1.807) is 0 Å². The molecule has 0 aromatic heterocycles. The number of ether oxygens (including phenoxy) is 1. The SMILES string of the molecule is CCCCCC1CCC(C2CCC(OC(F)(F)C(F)F)CC2)CC1. The van der Waals surface area contributed by atoms with Crippen LogP contribution in [0.5, 0.6) is 0 Å². The van der Waals surface area contributed by atoms with Gasteiger partial charge in [0, 0.05) is 0 Å². The van der Waals surface area contributed by atoms with Gasteiger partial charge in [-0.15, -0.1) is 0 Å². The van der Waals surface area contributed by atoms with Gasteiger partial charge in [0.15, 0.2) is 0 Å². The zero-order chi connectivity index (χ0) is 17.6. The molecule has 0 saturated heterocycles. The second-order valence-electron chi connectivity index (χ2n) is 7.79. The lowest BCUT2D eigenvalue weighted by Crippen LogP contribution is -2.37. The van der Waals surface area contributed by atoms with E-state index in [-0.39, 0.29) is 0 Å². The van der Waals surface area contributed by atoms with Crippen molar-refractivity contribution in [2.24, 2.45) is 17.8 Å². The molecule has 0 spiro atoms. The lowest BCUT2D eigenvalue weighted by molar-refractivity contribution is -0.321. The third-order valence-corrected chi connectivity index (χ3v) is 6.07. The molecule has 1 nitrogen and oxygen atoms in total. The second kappa shape index (κ2) is 9.40. The van der Waals surface area contributed by atoms with Crippen molar-refractivity contribution in [1.29, 1.82) is 0 Å². The molecule has 0 aromatic carbocycles. The van der Waals surface area contributed by atoms with Gasteiger partial charge in [0.25, 0.3) is 0 Å². The van der Waals surface area contributed by atoms with Crippen LogP contribution in [-0.4, -0.2) is 18.6 Å². The summed E-state index contributed by atoms with van der Waals surface area (Å²) >= 11 is 0. The standard InChI is InChI=1S/C19H32F4O/c1-2-3-4-5-14-6-8-15(9-7-14)16-10-12-17(13-11-16)24-19(22,23)18(20)21/h14-18H,2-13H2,1H3. The first-order valence-corrected chi connectivity index (χ1v) is 9.76. The Kier molecular flexibility index (Phi) is 7.83. The molecule has 0 amide bonds. The lowest BCUT2D eigenvalue weighted by atomic mass is 9.70. The first-order valence-electron chi connectivity index (χ1n) is 9.76. The highest BCUT2D eigenvalue weighted by molar-refractivity contribution is 4.83. The van der Waals surface area contributed by atoms with Crippen LogP contribution in [0.4, 0.5) is 17.6 Å². The van der Waals surface area contributed by atoms with Gasteiger partial charge in [0.05, 0.1) is 6.10 Å². The first-order chi connectivity index (χ1) is 11.4. The molecule has 2 rings (SSSR count). The summed E-state index contributed by atoms with van der Waals surface area (Å²) in [5.74, 6) is 2.14. The van der Waals surface area contributed by atoms with Gasteiger partial charge in [-0.2, -0.15) is 8.78 Å². The molecular weight excluding hydrogens is 320 g/mol. The maximum absolute atomic E-state index is 13.0. The van der Waals surface area contributed by atoms with Gasteiger partial charge in [0.2, 0.25) is 0 Å². The van der Waals surface area contributed by atoms with E-state index >= 15 is 0 Å². The zero-order valence-electron chi connectivity index (χ0n) is 14.8. The van der Waals surface area contributed by atoms with E-state index in [4.69, 9.17) is 0 Å².